The van der Waals surface area contributed by atoms with Gasteiger partial charge in [-0.1, -0.05) is 54.6 Å². The minimum Gasteiger partial charge on any atom is -0.440 e. The van der Waals surface area contributed by atoms with Crippen molar-refractivity contribution < 1.29 is 4.74 Å². The number of fused-ring (bicyclic) bond motifs is 4. The number of nitrogens with zero attached hydrogens (tertiary/aromatic N) is 1. The molecule has 1 unspecified atom stereocenters. The Morgan fingerprint density at radius 3 is 2.66 bits per heavy atom. The lowest BCUT2D eigenvalue weighted by molar-refractivity contribution is 0.398. The van der Waals surface area contributed by atoms with Gasteiger partial charge in [-0.25, -0.2) is 0 Å². The summed E-state index contributed by atoms with van der Waals surface area (Å²) in [6.45, 7) is 1.95. The predicted molar refractivity (Wildman–Crippen MR) is 113 cm³/mol. The second kappa shape index (κ2) is 6.25. The smallest absolute Gasteiger partial charge is 0.252 e. The van der Waals surface area contributed by atoms with Gasteiger partial charge in [0.1, 0.15) is 17.4 Å². The number of hydrogen-bond acceptors (Lipinski definition) is 4. The number of allylic oxidation sites excluding steroid dienone is 1. The van der Waals surface area contributed by atoms with E-state index in [4.69, 9.17) is 10.5 Å². The summed E-state index contributed by atoms with van der Waals surface area (Å²) < 4.78 is 5.87. The van der Waals surface area contributed by atoms with E-state index in [1.165, 1.54) is 0 Å². The molecule has 5 nitrogen and oxygen atoms in total. The van der Waals surface area contributed by atoms with E-state index >= 15 is 0 Å². The molecule has 3 N–H and O–H groups in total. The number of nitrogens with one attached hydrogen (secondary N) is 1. The second-order valence-corrected chi connectivity index (χ2v) is 7.22. The number of hydrogen-bond donors (Lipinski definition) is 2. The first-order valence-corrected chi connectivity index (χ1v) is 9.30. The van der Waals surface area contributed by atoms with Gasteiger partial charge in [-0.05, 0) is 29.3 Å². The highest BCUT2D eigenvalue weighted by Gasteiger charge is 2.33. The molecule has 1 atom stereocenters. The first-order chi connectivity index (χ1) is 14.1. The highest BCUT2D eigenvalue weighted by molar-refractivity contribution is 5.91. The average molecular weight is 379 g/mol. The summed E-state index contributed by atoms with van der Waals surface area (Å²) in [5.74, 6) is 0.0282. The van der Waals surface area contributed by atoms with Crippen LogP contribution in [-0.4, -0.2) is 4.98 Å². The Hall–Kier alpha value is -4.04. The van der Waals surface area contributed by atoms with Crippen LogP contribution >= 0.6 is 0 Å². The van der Waals surface area contributed by atoms with Crippen LogP contribution in [0.5, 0.6) is 5.75 Å². The van der Waals surface area contributed by atoms with E-state index in [9.17, 15) is 10.1 Å². The highest BCUT2D eigenvalue weighted by atomic mass is 16.5. The van der Waals surface area contributed by atoms with Gasteiger partial charge in [-0.15, -0.1) is 0 Å². The fraction of sp³-hybridized carbons (Fsp3) is 0.0833. The Bertz CT molecular complexity index is 1440. The van der Waals surface area contributed by atoms with Crippen LogP contribution in [0.1, 0.15) is 22.6 Å². The molecule has 0 fully saturated rings. The number of nitriles is 1. The topological polar surface area (TPSA) is 91.9 Å². The minimum atomic E-state index is -0.595. The van der Waals surface area contributed by atoms with Crippen LogP contribution in [-0.2, 0) is 0 Å². The summed E-state index contributed by atoms with van der Waals surface area (Å²) in [6.07, 6.45) is 0. The average Bonchev–Trinajstić information content (AvgIpc) is 2.73. The number of pyridine rings is 1. The van der Waals surface area contributed by atoms with Crippen LogP contribution < -0.4 is 16.0 Å². The van der Waals surface area contributed by atoms with Crippen LogP contribution in [0.3, 0.4) is 0 Å². The molecule has 0 saturated heterocycles. The van der Waals surface area contributed by atoms with E-state index in [2.05, 4.69) is 11.1 Å². The van der Waals surface area contributed by atoms with Gasteiger partial charge in [0.15, 0.2) is 0 Å². The number of aromatic nitrogens is 1. The van der Waals surface area contributed by atoms with Crippen molar-refractivity contribution in [2.45, 2.75) is 12.8 Å². The molecule has 0 saturated carbocycles. The molecular formula is C24H17N3O2. The number of nitrogens with two attached hydrogens (primary N) is 1. The summed E-state index contributed by atoms with van der Waals surface area (Å²) in [5, 5.41) is 12.6. The third-order valence-electron chi connectivity index (χ3n) is 5.54. The molecule has 1 aromatic heterocycles. The number of benzene rings is 3. The number of H-pyrrole nitrogens is 1. The van der Waals surface area contributed by atoms with Crippen LogP contribution in [0.4, 0.5) is 0 Å². The lowest BCUT2D eigenvalue weighted by atomic mass is 9.82. The first-order valence-electron chi connectivity index (χ1n) is 9.30. The van der Waals surface area contributed by atoms with Gasteiger partial charge in [0.05, 0.1) is 11.4 Å². The summed E-state index contributed by atoms with van der Waals surface area (Å²) >= 11 is 0. The molecule has 140 valence electrons. The van der Waals surface area contributed by atoms with Gasteiger partial charge in [0, 0.05) is 16.5 Å². The lowest BCUT2D eigenvalue weighted by Crippen LogP contribution is -2.25. The minimum absolute atomic E-state index is 0.0325. The normalized spacial score (nSPS) is 15.8. The molecule has 0 aliphatic carbocycles. The maximum atomic E-state index is 13.1. The standard InChI is InChI=1S/C24H17N3O2/c1-13-5-4-7-15-11-18(24(28)27-21(13)15)20-17-10-9-14-6-2-3-8-16(14)22(17)29-23(26)19(20)12-25/h2-11,20H,26H2,1H3,(H,27,28). The molecule has 1 aliphatic rings. The second-order valence-electron chi connectivity index (χ2n) is 7.22. The van der Waals surface area contributed by atoms with Crippen molar-refractivity contribution in [2.24, 2.45) is 5.73 Å². The monoisotopic (exact) mass is 379 g/mol. The first kappa shape index (κ1) is 17.1. The predicted octanol–water partition coefficient (Wildman–Crippen LogP) is 4.21. The van der Waals surface area contributed by atoms with Crippen molar-refractivity contribution in [1.82, 2.24) is 4.98 Å². The van der Waals surface area contributed by atoms with Crippen LogP contribution in [0.15, 0.2) is 76.9 Å². The van der Waals surface area contributed by atoms with Crippen molar-refractivity contribution in [3.8, 4) is 11.8 Å². The van der Waals surface area contributed by atoms with E-state index in [0.29, 0.717) is 11.3 Å². The maximum absolute atomic E-state index is 13.1. The Labute approximate surface area is 166 Å². The third kappa shape index (κ3) is 2.50. The summed E-state index contributed by atoms with van der Waals surface area (Å²) in [7, 11) is 0. The van der Waals surface area contributed by atoms with Crippen molar-refractivity contribution in [3.05, 3.63) is 99.2 Å². The molecule has 3 aromatic carbocycles. The highest BCUT2D eigenvalue weighted by Crippen LogP contribution is 2.44. The summed E-state index contributed by atoms with van der Waals surface area (Å²) in [5.41, 5.74) is 9.15. The molecule has 5 heteroatoms. The van der Waals surface area contributed by atoms with Crippen molar-refractivity contribution >= 4 is 21.7 Å². The number of rotatable bonds is 1. The third-order valence-corrected chi connectivity index (χ3v) is 5.54. The SMILES string of the molecule is Cc1cccc2cc(C3C(C#N)=C(N)Oc4c3ccc3ccccc43)c(=O)[nH]c12. The van der Waals surface area contributed by atoms with E-state index in [0.717, 1.165) is 32.8 Å². The Morgan fingerprint density at radius 2 is 1.83 bits per heavy atom. The molecule has 29 heavy (non-hydrogen) atoms. The largest absolute Gasteiger partial charge is 0.440 e. The molecule has 4 aromatic rings. The Balaban J connectivity index is 1.84. The maximum Gasteiger partial charge on any atom is 0.252 e. The van der Waals surface area contributed by atoms with E-state index in [1.807, 2.05) is 67.6 Å². The number of aryl methyl sites for hydroxylation is 1. The van der Waals surface area contributed by atoms with Crippen LogP contribution in [0, 0.1) is 18.3 Å². The summed E-state index contributed by atoms with van der Waals surface area (Å²) in [4.78, 5) is 16.0. The Morgan fingerprint density at radius 1 is 1.03 bits per heavy atom. The van der Waals surface area contributed by atoms with Gasteiger partial charge in [0.2, 0.25) is 5.88 Å². The quantitative estimate of drug-likeness (QED) is 0.518. The molecule has 2 heterocycles. The van der Waals surface area contributed by atoms with Crippen LogP contribution in [0.2, 0.25) is 0 Å². The van der Waals surface area contributed by atoms with Gasteiger partial charge in [0.25, 0.3) is 5.56 Å². The van der Waals surface area contributed by atoms with Gasteiger partial charge in [-0.3, -0.25) is 4.79 Å². The molecule has 0 amide bonds. The number of aromatic amines is 1. The van der Waals surface area contributed by atoms with Crippen molar-refractivity contribution in [2.75, 3.05) is 0 Å². The van der Waals surface area contributed by atoms with Crippen molar-refractivity contribution in [3.63, 3.8) is 0 Å². The summed E-state index contributed by atoms with van der Waals surface area (Å²) in [6, 6.07) is 21.5. The molecule has 0 spiro atoms. The van der Waals surface area contributed by atoms with Crippen LogP contribution in [0.25, 0.3) is 21.7 Å². The van der Waals surface area contributed by atoms with E-state index in [1.54, 1.807) is 0 Å². The van der Waals surface area contributed by atoms with E-state index in [-0.39, 0.29) is 17.0 Å². The fourth-order valence-corrected chi connectivity index (χ4v) is 4.12. The molecule has 0 radical (unpaired) electrons. The van der Waals surface area contributed by atoms with Gasteiger partial charge >= 0.3 is 0 Å². The molecule has 0 bridgehead atoms. The fourth-order valence-electron chi connectivity index (χ4n) is 4.12. The van der Waals surface area contributed by atoms with E-state index < -0.39 is 5.92 Å². The zero-order chi connectivity index (χ0) is 20.1. The number of ether oxygens (including phenoxy) is 1. The Kier molecular flexibility index (Phi) is 3.68. The number of para-hydroxylation sites is 1. The van der Waals surface area contributed by atoms with Gasteiger partial charge in [-0.2, -0.15) is 5.26 Å². The molecule has 5 rings (SSSR count). The van der Waals surface area contributed by atoms with Gasteiger partial charge < -0.3 is 15.5 Å². The molecule has 1 aliphatic heterocycles. The molecular weight excluding hydrogens is 362 g/mol. The zero-order valence-corrected chi connectivity index (χ0v) is 15.7. The zero-order valence-electron chi connectivity index (χ0n) is 15.7. The van der Waals surface area contributed by atoms with Crippen molar-refractivity contribution in [1.29, 1.82) is 5.26 Å². The lowest BCUT2D eigenvalue weighted by Gasteiger charge is -2.27.